The molecule has 1 N–H and O–H groups in total. The molecule has 3 aromatic rings. The summed E-state index contributed by atoms with van der Waals surface area (Å²) in [5.41, 5.74) is 3.33. The first-order valence-corrected chi connectivity index (χ1v) is 10.0. The van der Waals surface area contributed by atoms with Crippen LogP contribution in [0, 0.1) is 16.7 Å². The maximum Gasteiger partial charge on any atom is 0.237 e. The molecule has 2 aliphatic heterocycles. The molecule has 2 fully saturated rings. The van der Waals surface area contributed by atoms with Gasteiger partial charge in [-0.2, -0.15) is 5.26 Å². The van der Waals surface area contributed by atoms with Crippen LogP contribution in [0.4, 0.5) is 5.82 Å². The summed E-state index contributed by atoms with van der Waals surface area (Å²) in [6.07, 6.45) is 5.42. The molecule has 0 radical (unpaired) electrons. The first kappa shape index (κ1) is 16.5. The molecule has 3 unspecified atom stereocenters. The smallest absolute Gasteiger partial charge is 0.237 e. The molecule has 144 valence electrons. The summed E-state index contributed by atoms with van der Waals surface area (Å²) in [5.74, 6) is 0.897. The van der Waals surface area contributed by atoms with Crippen molar-refractivity contribution in [3.63, 3.8) is 0 Å². The molecule has 2 saturated heterocycles. The van der Waals surface area contributed by atoms with Crippen LogP contribution in [0.25, 0.3) is 11.0 Å². The number of nitrogens with one attached hydrogen (secondary N) is 1. The monoisotopic (exact) mass is 384 g/mol. The van der Waals surface area contributed by atoms with E-state index in [0.29, 0.717) is 6.54 Å². The van der Waals surface area contributed by atoms with Crippen molar-refractivity contribution in [2.75, 3.05) is 18.0 Å². The number of amides is 1. The van der Waals surface area contributed by atoms with E-state index in [1.807, 2.05) is 23.2 Å². The molecule has 3 atom stereocenters. The van der Waals surface area contributed by atoms with E-state index in [1.54, 1.807) is 6.33 Å². The summed E-state index contributed by atoms with van der Waals surface area (Å²) in [5, 5.41) is 10.1. The number of aromatic amines is 1. The van der Waals surface area contributed by atoms with Gasteiger partial charge in [-0.25, -0.2) is 9.97 Å². The third-order valence-electron chi connectivity index (χ3n) is 7.09. The molecule has 7 heteroatoms. The number of fused-ring (bicyclic) bond motifs is 4. The number of rotatable bonds is 2. The normalized spacial score (nSPS) is 27.0. The minimum atomic E-state index is -0.0571. The van der Waals surface area contributed by atoms with Crippen molar-refractivity contribution in [1.82, 2.24) is 19.9 Å². The summed E-state index contributed by atoms with van der Waals surface area (Å²) < 4.78 is 0. The Balaban J connectivity index is 1.51. The molecule has 0 bridgehead atoms. The number of carbonyl (C=O) groups excluding carboxylic acids is 1. The van der Waals surface area contributed by atoms with Gasteiger partial charge in [0, 0.05) is 24.7 Å². The molecular weight excluding hydrogens is 364 g/mol. The lowest BCUT2D eigenvalue weighted by Crippen LogP contribution is -2.34. The van der Waals surface area contributed by atoms with E-state index in [0.717, 1.165) is 36.2 Å². The minimum Gasteiger partial charge on any atom is -0.348 e. The van der Waals surface area contributed by atoms with Crippen molar-refractivity contribution < 1.29 is 4.79 Å². The fourth-order valence-electron chi connectivity index (χ4n) is 6.08. The third kappa shape index (κ3) is 2.03. The number of nitriles is 1. The Morgan fingerprint density at radius 1 is 1.17 bits per heavy atom. The Bertz CT molecular complexity index is 1180. The molecule has 3 aliphatic rings. The highest BCUT2D eigenvalue weighted by atomic mass is 16.2. The van der Waals surface area contributed by atoms with Gasteiger partial charge < -0.3 is 14.8 Å². The maximum absolute atomic E-state index is 12.7. The van der Waals surface area contributed by atoms with Gasteiger partial charge in [-0.05, 0) is 30.0 Å². The van der Waals surface area contributed by atoms with Gasteiger partial charge in [0.25, 0.3) is 0 Å². The number of benzene rings is 1. The fourth-order valence-corrected chi connectivity index (χ4v) is 6.08. The van der Waals surface area contributed by atoms with Crippen molar-refractivity contribution in [1.29, 1.82) is 5.26 Å². The molecule has 1 aliphatic carbocycles. The first-order valence-electron chi connectivity index (χ1n) is 10.0. The van der Waals surface area contributed by atoms with Crippen LogP contribution in [0.3, 0.4) is 0 Å². The highest BCUT2D eigenvalue weighted by molar-refractivity contribution is 5.88. The highest BCUT2D eigenvalue weighted by Gasteiger charge is 2.64. The lowest BCUT2D eigenvalue weighted by molar-refractivity contribution is -0.132. The molecule has 29 heavy (non-hydrogen) atoms. The number of aromatic nitrogens is 3. The van der Waals surface area contributed by atoms with Crippen LogP contribution in [0.15, 0.2) is 42.9 Å². The summed E-state index contributed by atoms with van der Waals surface area (Å²) in [6.45, 7) is 1.61. The second-order valence-electron chi connectivity index (χ2n) is 8.22. The van der Waals surface area contributed by atoms with Crippen molar-refractivity contribution in [2.24, 2.45) is 5.41 Å². The van der Waals surface area contributed by atoms with Crippen molar-refractivity contribution in [3.05, 3.63) is 54.0 Å². The van der Waals surface area contributed by atoms with E-state index in [1.165, 1.54) is 11.1 Å². The zero-order valence-electron chi connectivity index (χ0n) is 15.9. The summed E-state index contributed by atoms with van der Waals surface area (Å²) in [6, 6.07) is 12.8. The predicted molar refractivity (Wildman–Crippen MR) is 107 cm³/mol. The highest BCUT2D eigenvalue weighted by Crippen LogP contribution is 2.67. The topological polar surface area (TPSA) is 88.9 Å². The van der Waals surface area contributed by atoms with Crippen molar-refractivity contribution in [2.45, 2.75) is 31.3 Å². The summed E-state index contributed by atoms with van der Waals surface area (Å²) >= 11 is 0. The number of carbonyl (C=O) groups is 1. The van der Waals surface area contributed by atoms with Gasteiger partial charge in [0.1, 0.15) is 24.2 Å². The zero-order valence-corrected chi connectivity index (χ0v) is 15.9. The first-order chi connectivity index (χ1) is 14.2. The molecule has 1 aromatic carbocycles. The Labute approximate surface area is 168 Å². The number of H-pyrrole nitrogens is 1. The van der Waals surface area contributed by atoms with E-state index in [9.17, 15) is 4.79 Å². The van der Waals surface area contributed by atoms with E-state index in [2.05, 4.69) is 44.1 Å². The average molecular weight is 384 g/mol. The van der Waals surface area contributed by atoms with Gasteiger partial charge in [-0.1, -0.05) is 24.3 Å². The van der Waals surface area contributed by atoms with Crippen molar-refractivity contribution in [3.8, 4) is 6.07 Å². The van der Waals surface area contributed by atoms with Crippen LogP contribution in [0.5, 0.6) is 0 Å². The Hall–Kier alpha value is -3.40. The number of nitrogens with zero attached hydrogens (tertiary/aromatic N) is 5. The van der Waals surface area contributed by atoms with Gasteiger partial charge in [0.2, 0.25) is 5.91 Å². The van der Waals surface area contributed by atoms with Gasteiger partial charge in [-0.15, -0.1) is 0 Å². The third-order valence-corrected chi connectivity index (χ3v) is 7.09. The van der Waals surface area contributed by atoms with Gasteiger partial charge in [0.15, 0.2) is 0 Å². The molecule has 1 amide bonds. The quantitative estimate of drug-likeness (QED) is 0.733. The van der Waals surface area contributed by atoms with Gasteiger partial charge >= 0.3 is 0 Å². The Morgan fingerprint density at radius 2 is 1.97 bits per heavy atom. The molecular formula is C22H20N6O. The van der Waals surface area contributed by atoms with E-state index in [-0.39, 0.29) is 29.8 Å². The zero-order chi connectivity index (χ0) is 19.6. The Kier molecular flexibility index (Phi) is 3.31. The molecule has 0 saturated carbocycles. The predicted octanol–water partition coefficient (Wildman–Crippen LogP) is 3.10. The van der Waals surface area contributed by atoms with E-state index in [4.69, 9.17) is 5.26 Å². The standard InChI is InChI=1S/C22H20N6O/c23-9-5-17(29)27-11-7-22-8-12-28(21-16-6-10-24-20(16)25-13-26-21)19(22)15-4-2-1-3-14(15)18(22)27/h1-4,6,10,13,18-19H,5,7-8,11-12H2,(H,24,25,26). The van der Waals surface area contributed by atoms with E-state index < -0.39 is 0 Å². The number of hydrogen-bond acceptors (Lipinski definition) is 5. The largest absolute Gasteiger partial charge is 0.348 e. The number of anilines is 1. The van der Waals surface area contributed by atoms with Crippen molar-refractivity contribution >= 4 is 22.8 Å². The van der Waals surface area contributed by atoms with Crippen LogP contribution in [-0.2, 0) is 4.79 Å². The Morgan fingerprint density at radius 3 is 2.79 bits per heavy atom. The molecule has 7 nitrogen and oxygen atoms in total. The SMILES string of the molecule is N#CCC(=O)N1CCC23CCN(c4ncnc5[nH]ccc45)C2c2ccccc2C13. The maximum atomic E-state index is 12.7. The van der Waals surface area contributed by atoms with Gasteiger partial charge in [0.05, 0.1) is 23.5 Å². The molecule has 2 aromatic heterocycles. The summed E-state index contributed by atoms with van der Waals surface area (Å²) in [7, 11) is 0. The second kappa shape index (κ2) is 5.80. The lowest BCUT2D eigenvalue weighted by Gasteiger charge is -2.34. The second-order valence-corrected chi connectivity index (χ2v) is 8.22. The average Bonchev–Trinajstić information content (AvgIpc) is 3.48. The molecule has 4 heterocycles. The van der Waals surface area contributed by atoms with Crippen LogP contribution in [-0.4, -0.2) is 38.8 Å². The summed E-state index contributed by atoms with van der Waals surface area (Å²) in [4.78, 5) is 29.3. The van der Waals surface area contributed by atoms with Crippen LogP contribution >= 0.6 is 0 Å². The van der Waals surface area contributed by atoms with E-state index >= 15 is 0 Å². The van der Waals surface area contributed by atoms with Crippen LogP contribution in [0.1, 0.15) is 42.5 Å². The van der Waals surface area contributed by atoms with Crippen LogP contribution in [0.2, 0.25) is 0 Å². The van der Waals surface area contributed by atoms with Crippen LogP contribution < -0.4 is 4.90 Å². The molecule has 6 rings (SSSR count). The number of likely N-dealkylation sites (tertiary alicyclic amines) is 1. The molecule has 1 spiro atoms. The lowest BCUT2D eigenvalue weighted by atomic mass is 9.77. The van der Waals surface area contributed by atoms with Gasteiger partial charge in [-0.3, -0.25) is 4.79 Å². The number of hydrogen-bond donors (Lipinski definition) is 1. The minimum absolute atomic E-state index is 0.0254. The fraction of sp³-hybridized carbons (Fsp3) is 0.364.